The van der Waals surface area contributed by atoms with Crippen LogP contribution < -0.4 is 16.0 Å². The fourth-order valence-electron chi connectivity index (χ4n) is 3.13. The number of hydrogen-bond donors (Lipinski definition) is 0. The van der Waals surface area contributed by atoms with Crippen LogP contribution in [0.3, 0.4) is 0 Å². The number of halogens is 4. The van der Waals surface area contributed by atoms with Crippen molar-refractivity contribution in [3.63, 3.8) is 0 Å². The second kappa shape index (κ2) is 8.24. The van der Waals surface area contributed by atoms with Gasteiger partial charge in [0.25, 0.3) is 5.56 Å². The summed E-state index contributed by atoms with van der Waals surface area (Å²) in [6.45, 7) is 0.132. The van der Waals surface area contributed by atoms with Crippen molar-refractivity contribution in [2.75, 3.05) is 0 Å². The van der Waals surface area contributed by atoms with Crippen LogP contribution in [0.4, 0.5) is 0 Å². The van der Waals surface area contributed by atoms with Gasteiger partial charge < -0.3 is 4.74 Å². The first kappa shape index (κ1) is 21.8. The van der Waals surface area contributed by atoms with E-state index in [-0.39, 0.29) is 34.5 Å². The van der Waals surface area contributed by atoms with Crippen molar-refractivity contribution in [3.05, 3.63) is 82.9 Å². The van der Waals surface area contributed by atoms with Crippen molar-refractivity contribution in [1.29, 1.82) is 0 Å². The Morgan fingerprint density at radius 2 is 1.71 bits per heavy atom. The number of aryl methyl sites for hydroxylation is 1. The van der Waals surface area contributed by atoms with Crippen molar-refractivity contribution in [2.45, 2.75) is 6.54 Å². The smallest absolute Gasteiger partial charge is 0.332 e. The number of imidazole rings is 1. The lowest BCUT2D eigenvalue weighted by Gasteiger charge is -2.12. The lowest BCUT2D eigenvalue weighted by Crippen LogP contribution is -2.37. The molecule has 0 radical (unpaired) electrons. The van der Waals surface area contributed by atoms with E-state index in [0.717, 1.165) is 4.57 Å². The fourth-order valence-corrected chi connectivity index (χ4v) is 3.93. The lowest BCUT2D eigenvalue weighted by atomic mass is 10.2. The van der Waals surface area contributed by atoms with Gasteiger partial charge in [-0.1, -0.05) is 58.5 Å². The molecule has 31 heavy (non-hydrogen) atoms. The number of aromatic nitrogens is 4. The van der Waals surface area contributed by atoms with E-state index in [1.165, 1.54) is 23.2 Å². The van der Waals surface area contributed by atoms with E-state index in [4.69, 9.17) is 51.1 Å². The number of nitrogens with zero attached hydrogens (tertiary/aromatic N) is 4. The minimum Gasteiger partial charge on any atom is -0.424 e. The monoisotopic (exact) mass is 498 g/mol. The zero-order valence-electron chi connectivity index (χ0n) is 16.2. The molecule has 0 fully saturated rings. The van der Waals surface area contributed by atoms with Gasteiger partial charge in [-0.05, 0) is 29.8 Å². The molecule has 7 nitrogen and oxygen atoms in total. The molecule has 0 atom stereocenters. The van der Waals surface area contributed by atoms with Gasteiger partial charge in [0.05, 0.1) is 11.6 Å². The Morgan fingerprint density at radius 1 is 0.968 bits per heavy atom. The molecule has 0 aliphatic rings. The molecule has 4 aromatic rings. The summed E-state index contributed by atoms with van der Waals surface area (Å²) in [6.07, 6.45) is 0. The summed E-state index contributed by atoms with van der Waals surface area (Å²) in [6, 6.07) is 9.96. The highest BCUT2D eigenvalue weighted by Crippen LogP contribution is 2.35. The van der Waals surface area contributed by atoms with Gasteiger partial charge in [0, 0.05) is 24.1 Å². The van der Waals surface area contributed by atoms with E-state index in [0.29, 0.717) is 20.6 Å². The van der Waals surface area contributed by atoms with Crippen LogP contribution in [0, 0.1) is 0 Å². The van der Waals surface area contributed by atoms with Gasteiger partial charge in [-0.15, -0.1) is 0 Å². The average molecular weight is 500 g/mol. The van der Waals surface area contributed by atoms with E-state index in [2.05, 4.69) is 4.98 Å². The van der Waals surface area contributed by atoms with E-state index >= 15 is 0 Å². The molecule has 0 N–H and O–H groups in total. The quantitative estimate of drug-likeness (QED) is 0.401. The Balaban J connectivity index is 1.98. The Labute approximate surface area is 195 Å². The number of ether oxygens (including phenoxy) is 1. The molecule has 4 rings (SSSR count). The first-order valence-electron chi connectivity index (χ1n) is 8.91. The molecule has 2 heterocycles. The minimum absolute atomic E-state index is 0.0449. The van der Waals surface area contributed by atoms with Crippen molar-refractivity contribution >= 4 is 57.6 Å². The number of hydrogen-bond acceptors (Lipinski definition) is 4. The molecule has 0 saturated heterocycles. The summed E-state index contributed by atoms with van der Waals surface area (Å²) in [4.78, 5) is 29.8. The Bertz CT molecular complexity index is 1460. The largest absolute Gasteiger partial charge is 0.424 e. The van der Waals surface area contributed by atoms with Crippen LogP contribution in [0.2, 0.25) is 20.1 Å². The zero-order chi connectivity index (χ0) is 22.4. The minimum atomic E-state index is -0.525. The maximum atomic E-state index is 13.0. The Hall–Kier alpha value is -2.45. The van der Waals surface area contributed by atoms with Crippen LogP contribution in [0.25, 0.3) is 11.2 Å². The fraction of sp³-hybridized carbons (Fsp3) is 0.150. The van der Waals surface area contributed by atoms with Crippen molar-refractivity contribution in [1.82, 2.24) is 18.7 Å². The molecule has 0 aliphatic carbocycles. The molecule has 0 spiro atoms. The third-order valence-electron chi connectivity index (χ3n) is 4.77. The Morgan fingerprint density at radius 3 is 2.42 bits per heavy atom. The maximum Gasteiger partial charge on any atom is 0.332 e. The van der Waals surface area contributed by atoms with E-state index < -0.39 is 11.2 Å². The molecular weight excluding hydrogens is 486 g/mol. The highest BCUT2D eigenvalue weighted by molar-refractivity contribution is 6.42. The van der Waals surface area contributed by atoms with Gasteiger partial charge in [0.2, 0.25) is 0 Å². The van der Waals surface area contributed by atoms with Gasteiger partial charge in [-0.2, -0.15) is 4.98 Å². The summed E-state index contributed by atoms with van der Waals surface area (Å²) in [7, 11) is 2.91. The van der Waals surface area contributed by atoms with Crippen LogP contribution in [-0.4, -0.2) is 18.7 Å². The molecule has 2 aromatic carbocycles. The lowest BCUT2D eigenvalue weighted by molar-refractivity contribution is 0.421. The van der Waals surface area contributed by atoms with Crippen LogP contribution in [0.1, 0.15) is 5.56 Å². The molecule has 11 heteroatoms. The zero-order valence-corrected chi connectivity index (χ0v) is 19.2. The van der Waals surface area contributed by atoms with Crippen molar-refractivity contribution in [3.8, 4) is 11.8 Å². The number of fused-ring (bicyclic) bond motifs is 1. The Kier molecular flexibility index (Phi) is 5.79. The van der Waals surface area contributed by atoms with E-state index in [9.17, 15) is 9.59 Å². The van der Waals surface area contributed by atoms with Crippen LogP contribution >= 0.6 is 46.4 Å². The van der Waals surface area contributed by atoms with E-state index in [1.807, 2.05) is 0 Å². The summed E-state index contributed by atoms with van der Waals surface area (Å²) < 4.78 is 9.73. The summed E-state index contributed by atoms with van der Waals surface area (Å²) >= 11 is 24.7. The summed E-state index contributed by atoms with van der Waals surface area (Å²) in [5.41, 5.74) is -0.0415. The maximum absolute atomic E-state index is 13.0. The molecule has 0 bridgehead atoms. The third-order valence-corrected chi connectivity index (χ3v) is 6.16. The second-order valence-electron chi connectivity index (χ2n) is 6.75. The third kappa shape index (κ3) is 3.83. The standard InChI is InChI=1S/C20H14Cl4N4O3/c1-26-17-16(18(29)27(2)20(26)30)28(9-10-6-7-11(21)8-13(10)23)19(25-17)31-14-5-3-4-12(22)15(14)24/h3-8H,9H2,1-2H3. The predicted molar refractivity (Wildman–Crippen MR) is 122 cm³/mol. The van der Waals surface area contributed by atoms with Crippen LogP contribution in [0.5, 0.6) is 11.8 Å². The second-order valence-corrected chi connectivity index (χ2v) is 8.38. The van der Waals surface area contributed by atoms with Gasteiger partial charge >= 0.3 is 11.7 Å². The summed E-state index contributed by atoms with van der Waals surface area (Å²) in [5, 5.41) is 1.37. The van der Waals surface area contributed by atoms with Gasteiger partial charge in [-0.25, -0.2) is 4.79 Å². The van der Waals surface area contributed by atoms with Gasteiger partial charge in [0.1, 0.15) is 5.02 Å². The molecular formula is C20H14Cl4N4O3. The highest BCUT2D eigenvalue weighted by atomic mass is 35.5. The average Bonchev–Trinajstić information content (AvgIpc) is 3.08. The van der Waals surface area contributed by atoms with Crippen molar-refractivity contribution in [2.24, 2.45) is 14.1 Å². The molecule has 0 unspecified atom stereocenters. The van der Waals surface area contributed by atoms with E-state index in [1.54, 1.807) is 36.4 Å². The van der Waals surface area contributed by atoms with Crippen molar-refractivity contribution < 1.29 is 4.74 Å². The molecule has 0 saturated carbocycles. The first-order valence-corrected chi connectivity index (χ1v) is 10.4. The highest BCUT2D eigenvalue weighted by Gasteiger charge is 2.22. The predicted octanol–water partition coefficient (Wildman–Crippen LogP) is 4.89. The summed E-state index contributed by atoms with van der Waals surface area (Å²) in [5.74, 6) is 0.245. The van der Waals surface area contributed by atoms with Crippen LogP contribution in [0.15, 0.2) is 46.0 Å². The normalized spacial score (nSPS) is 11.3. The molecule has 160 valence electrons. The van der Waals surface area contributed by atoms with Crippen LogP contribution in [-0.2, 0) is 20.6 Å². The van der Waals surface area contributed by atoms with Gasteiger partial charge in [0.15, 0.2) is 16.9 Å². The van der Waals surface area contributed by atoms with Gasteiger partial charge in [-0.3, -0.25) is 18.5 Å². The molecule has 0 amide bonds. The SMILES string of the molecule is Cn1c(=O)c2c(nc(Oc3cccc(Cl)c3Cl)n2Cc2ccc(Cl)cc2Cl)n(C)c1=O. The molecule has 2 aromatic heterocycles. The first-order chi connectivity index (χ1) is 14.7. The topological polar surface area (TPSA) is 71.1 Å². The molecule has 0 aliphatic heterocycles. The number of benzene rings is 2. The number of rotatable bonds is 4.